The molecule has 0 unspecified atom stereocenters. The quantitative estimate of drug-likeness (QED) is 0.776. The van der Waals surface area contributed by atoms with Gasteiger partial charge in [0.1, 0.15) is 0 Å². The third-order valence-corrected chi connectivity index (χ3v) is 3.51. The Morgan fingerprint density at radius 1 is 0.905 bits per heavy atom. The standard InChI is InChI=1S/C18H19N3/c19-13-7-10-16-14-21(17-11-5-2-6-12-17)20-18(16)15-8-3-1-4-9-15/h1-6,8-9,11-12,14H,7,10,13,19H2. The minimum absolute atomic E-state index is 0.699. The van der Waals surface area contributed by atoms with Crippen molar-refractivity contribution >= 4 is 0 Å². The van der Waals surface area contributed by atoms with Crippen molar-refractivity contribution in [3.8, 4) is 16.9 Å². The molecule has 2 aromatic carbocycles. The van der Waals surface area contributed by atoms with Crippen LogP contribution >= 0.6 is 0 Å². The molecule has 0 aliphatic rings. The molecule has 1 heterocycles. The smallest absolute Gasteiger partial charge is 0.0959 e. The summed E-state index contributed by atoms with van der Waals surface area (Å²) in [5.74, 6) is 0. The fourth-order valence-electron chi connectivity index (χ4n) is 2.44. The van der Waals surface area contributed by atoms with Crippen molar-refractivity contribution in [2.45, 2.75) is 12.8 Å². The summed E-state index contributed by atoms with van der Waals surface area (Å²) in [6.45, 7) is 0.699. The minimum Gasteiger partial charge on any atom is -0.330 e. The van der Waals surface area contributed by atoms with E-state index < -0.39 is 0 Å². The van der Waals surface area contributed by atoms with Crippen LogP contribution in [-0.2, 0) is 6.42 Å². The summed E-state index contributed by atoms with van der Waals surface area (Å²) in [6, 6.07) is 20.5. The van der Waals surface area contributed by atoms with Gasteiger partial charge in [-0.1, -0.05) is 48.5 Å². The summed E-state index contributed by atoms with van der Waals surface area (Å²) in [4.78, 5) is 0. The Morgan fingerprint density at radius 2 is 1.57 bits per heavy atom. The first-order valence-corrected chi connectivity index (χ1v) is 7.28. The van der Waals surface area contributed by atoms with Crippen molar-refractivity contribution in [1.82, 2.24) is 9.78 Å². The highest BCUT2D eigenvalue weighted by Gasteiger charge is 2.11. The lowest BCUT2D eigenvalue weighted by Crippen LogP contribution is -2.00. The molecule has 1 aromatic heterocycles. The molecule has 2 N–H and O–H groups in total. The first-order valence-electron chi connectivity index (χ1n) is 7.28. The fourth-order valence-corrected chi connectivity index (χ4v) is 2.44. The van der Waals surface area contributed by atoms with E-state index >= 15 is 0 Å². The lowest BCUT2D eigenvalue weighted by atomic mass is 10.0. The van der Waals surface area contributed by atoms with Gasteiger partial charge in [0.15, 0.2) is 0 Å². The molecular weight excluding hydrogens is 258 g/mol. The molecule has 0 atom stereocenters. The number of hydrogen-bond acceptors (Lipinski definition) is 2. The van der Waals surface area contributed by atoms with E-state index in [1.54, 1.807) is 0 Å². The summed E-state index contributed by atoms with van der Waals surface area (Å²) in [7, 11) is 0. The topological polar surface area (TPSA) is 43.8 Å². The van der Waals surface area contributed by atoms with Gasteiger partial charge >= 0.3 is 0 Å². The molecule has 0 aliphatic heterocycles. The normalized spacial score (nSPS) is 10.7. The van der Waals surface area contributed by atoms with Gasteiger partial charge in [-0.15, -0.1) is 0 Å². The Bertz CT molecular complexity index is 687. The summed E-state index contributed by atoms with van der Waals surface area (Å²) in [5.41, 5.74) is 10.2. The van der Waals surface area contributed by atoms with E-state index in [1.165, 1.54) is 5.56 Å². The summed E-state index contributed by atoms with van der Waals surface area (Å²) in [5, 5.41) is 4.78. The van der Waals surface area contributed by atoms with Gasteiger partial charge in [-0.3, -0.25) is 0 Å². The lowest BCUT2D eigenvalue weighted by Gasteiger charge is -2.01. The maximum absolute atomic E-state index is 5.66. The van der Waals surface area contributed by atoms with Crippen molar-refractivity contribution in [2.24, 2.45) is 5.73 Å². The van der Waals surface area contributed by atoms with Crippen LogP contribution in [0.15, 0.2) is 66.9 Å². The van der Waals surface area contributed by atoms with Gasteiger partial charge in [-0.25, -0.2) is 4.68 Å². The average Bonchev–Trinajstić information content (AvgIpc) is 2.99. The molecule has 3 aromatic rings. The molecule has 0 aliphatic carbocycles. The van der Waals surface area contributed by atoms with Crippen molar-refractivity contribution in [1.29, 1.82) is 0 Å². The summed E-state index contributed by atoms with van der Waals surface area (Å²) < 4.78 is 1.95. The highest BCUT2D eigenvalue weighted by atomic mass is 15.3. The van der Waals surface area contributed by atoms with E-state index in [-0.39, 0.29) is 0 Å². The van der Waals surface area contributed by atoms with Crippen molar-refractivity contribution in [3.05, 3.63) is 72.4 Å². The van der Waals surface area contributed by atoms with Crippen molar-refractivity contribution < 1.29 is 0 Å². The van der Waals surface area contributed by atoms with Crippen LogP contribution in [0.4, 0.5) is 0 Å². The molecule has 21 heavy (non-hydrogen) atoms. The van der Waals surface area contributed by atoms with Crippen LogP contribution in [0.2, 0.25) is 0 Å². The van der Waals surface area contributed by atoms with Crippen LogP contribution in [0.5, 0.6) is 0 Å². The van der Waals surface area contributed by atoms with Gasteiger partial charge in [0, 0.05) is 11.8 Å². The lowest BCUT2D eigenvalue weighted by molar-refractivity contribution is 0.831. The van der Waals surface area contributed by atoms with Gasteiger partial charge in [-0.2, -0.15) is 5.10 Å². The average molecular weight is 277 g/mol. The molecule has 0 spiro atoms. The second kappa shape index (κ2) is 6.37. The van der Waals surface area contributed by atoms with E-state index in [2.05, 4.69) is 30.5 Å². The van der Waals surface area contributed by atoms with Crippen LogP contribution in [-0.4, -0.2) is 16.3 Å². The Kier molecular flexibility index (Phi) is 4.12. The number of aromatic nitrogens is 2. The zero-order valence-corrected chi connectivity index (χ0v) is 11.9. The molecule has 0 amide bonds. The predicted molar refractivity (Wildman–Crippen MR) is 86.4 cm³/mol. The molecule has 3 nitrogen and oxygen atoms in total. The molecule has 0 bridgehead atoms. The van der Waals surface area contributed by atoms with Crippen molar-refractivity contribution in [3.63, 3.8) is 0 Å². The number of hydrogen-bond donors (Lipinski definition) is 1. The number of nitrogens with two attached hydrogens (primary N) is 1. The monoisotopic (exact) mass is 277 g/mol. The van der Waals surface area contributed by atoms with Crippen LogP contribution in [0.3, 0.4) is 0 Å². The highest BCUT2D eigenvalue weighted by molar-refractivity contribution is 5.63. The van der Waals surface area contributed by atoms with Gasteiger partial charge in [0.05, 0.1) is 11.4 Å². The molecular formula is C18H19N3. The molecule has 106 valence electrons. The van der Waals surface area contributed by atoms with Crippen LogP contribution < -0.4 is 5.73 Å². The van der Waals surface area contributed by atoms with Gasteiger partial charge in [0.25, 0.3) is 0 Å². The zero-order chi connectivity index (χ0) is 14.5. The third-order valence-electron chi connectivity index (χ3n) is 3.51. The molecule has 0 radical (unpaired) electrons. The Morgan fingerprint density at radius 3 is 2.24 bits per heavy atom. The minimum atomic E-state index is 0.699. The third kappa shape index (κ3) is 3.03. The summed E-state index contributed by atoms with van der Waals surface area (Å²) in [6.07, 6.45) is 4.04. The molecule has 3 heteroatoms. The largest absolute Gasteiger partial charge is 0.330 e. The van der Waals surface area contributed by atoms with E-state index in [9.17, 15) is 0 Å². The second-order valence-electron chi connectivity index (χ2n) is 5.04. The molecule has 0 saturated heterocycles. The van der Waals surface area contributed by atoms with Crippen LogP contribution in [0.25, 0.3) is 16.9 Å². The number of para-hydroxylation sites is 1. The Balaban J connectivity index is 2.03. The number of nitrogens with zero attached hydrogens (tertiary/aromatic N) is 2. The maximum atomic E-state index is 5.66. The molecule has 3 rings (SSSR count). The maximum Gasteiger partial charge on any atom is 0.0959 e. The van der Waals surface area contributed by atoms with Gasteiger partial charge in [0.2, 0.25) is 0 Å². The van der Waals surface area contributed by atoms with E-state index in [0.717, 1.165) is 29.8 Å². The van der Waals surface area contributed by atoms with E-state index in [4.69, 9.17) is 10.8 Å². The Labute approximate surface area is 125 Å². The summed E-state index contributed by atoms with van der Waals surface area (Å²) >= 11 is 0. The number of aryl methyl sites for hydroxylation is 1. The first-order chi connectivity index (χ1) is 10.4. The van der Waals surface area contributed by atoms with E-state index in [1.807, 2.05) is 41.1 Å². The fraction of sp³-hybridized carbons (Fsp3) is 0.167. The first kappa shape index (κ1) is 13.6. The number of benzene rings is 2. The predicted octanol–water partition coefficient (Wildman–Crippen LogP) is 3.43. The van der Waals surface area contributed by atoms with Gasteiger partial charge in [-0.05, 0) is 37.1 Å². The van der Waals surface area contributed by atoms with E-state index in [0.29, 0.717) is 6.54 Å². The number of rotatable bonds is 5. The molecule has 0 saturated carbocycles. The van der Waals surface area contributed by atoms with Crippen LogP contribution in [0.1, 0.15) is 12.0 Å². The Hall–Kier alpha value is -2.39. The van der Waals surface area contributed by atoms with Gasteiger partial charge < -0.3 is 5.73 Å². The highest BCUT2D eigenvalue weighted by Crippen LogP contribution is 2.24. The second-order valence-corrected chi connectivity index (χ2v) is 5.04. The zero-order valence-electron chi connectivity index (χ0n) is 11.9. The molecule has 0 fully saturated rings. The van der Waals surface area contributed by atoms with Crippen molar-refractivity contribution in [2.75, 3.05) is 6.54 Å². The van der Waals surface area contributed by atoms with Crippen LogP contribution in [0, 0.1) is 0 Å². The SMILES string of the molecule is NCCCc1cn(-c2ccccc2)nc1-c1ccccc1.